The van der Waals surface area contributed by atoms with Crippen LogP contribution in [0.25, 0.3) is 0 Å². The van der Waals surface area contributed by atoms with Gasteiger partial charge in [0.2, 0.25) is 5.91 Å². The Labute approximate surface area is 135 Å². The van der Waals surface area contributed by atoms with E-state index in [1.807, 2.05) is 55.5 Å². The number of halogens is 1. The molecule has 0 saturated heterocycles. The lowest BCUT2D eigenvalue weighted by molar-refractivity contribution is -0.115. The van der Waals surface area contributed by atoms with Gasteiger partial charge in [-0.25, -0.2) is 0 Å². The van der Waals surface area contributed by atoms with E-state index in [0.29, 0.717) is 24.6 Å². The number of hydrogen-bond donors (Lipinski definition) is 2. The van der Waals surface area contributed by atoms with Gasteiger partial charge in [0, 0.05) is 29.4 Å². The fourth-order valence-corrected chi connectivity index (χ4v) is 2.13. The first kappa shape index (κ1) is 16.2. The summed E-state index contributed by atoms with van der Waals surface area (Å²) in [4.78, 5) is 11.9. The second-order valence-corrected chi connectivity index (χ2v) is 5.13. The third kappa shape index (κ3) is 5.30. The Morgan fingerprint density at radius 3 is 2.59 bits per heavy atom. The van der Waals surface area contributed by atoms with Gasteiger partial charge in [0.25, 0.3) is 0 Å². The van der Waals surface area contributed by atoms with Crippen molar-refractivity contribution in [1.29, 1.82) is 0 Å². The lowest BCUT2D eigenvalue weighted by Crippen LogP contribution is -2.16. The summed E-state index contributed by atoms with van der Waals surface area (Å²) in [7, 11) is 0. The van der Waals surface area contributed by atoms with Crippen molar-refractivity contribution < 1.29 is 9.53 Å². The fourth-order valence-electron chi connectivity index (χ4n) is 1.94. The van der Waals surface area contributed by atoms with Crippen molar-refractivity contribution in [2.75, 3.05) is 23.8 Å². The van der Waals surface area contributed by atoms with E-state index in [9.17, 15) is 4.79 Å². The second kappa shape index (κ2) is 8.29. The maximum absolute atomic E-state index is 11.9. The number of benzene rings is 2. The van der Waals surface area contributed by atoms with Crippen LogP contribution in [0.3, 0.4) is 0 Å². The van der Waals surface area contributed by atoms with E-state index in [-0.39, 0.29) is 5.91 Å². The van der Waals surface area contributed by atoms with Crippen molar-refractivity contribution in [2.45, 2.75) is 13.3 Å². The molecule has 116 valence electrons. The van der Waals surface area contributed by atoms with Gasteiger partial charge in [-0.05, 0) is 49.4 Å². The minimum Gasteiger partial charge on any atom is -0.494 e. The maximum Gasteiger partial charge on any atom is 0.226 e. The van der Waals surface area contributed by atoms with Gasteiger partial charge < -0.3 is 15.4 Å². The summed E-state index contributed by atoms with van der Waals surface area (Å²) in [5, 5.41) is 6.68. The van der Waals surface area contributed by atoms with E-state index in [1.54, 1.807) is 0 Å². The summed E-state index contributed by atoms with van der Waals surface area (Å²) >= 11 is 5.90. The van der Waals surface area contributed by atoms with Crippen molar-refractivity contribution >= 4 is 28.9 Å². The molecule has 0 aliphatic carbocycles. The van der Waals surface area contributed by atoms with E-state index in [0.717, 1.165) is 17.1 Å². The summed E-state index contributed by atoms with van der Waals surface area (Å²) in [5.41, 5.74) is 1.66. The molecule has 0 spiro atoms. The number of anilines is 2. The summed E-state index contributed by atoms with van der Waals surface area (Å²) < 4.78 is 5.36. The van der Waals surface area contributed by atoms with Gasteiger partial charge in [0.05, 0.1) is 6.61 Å². The molecule has 0 heterocycles. The number of carbonyl (C=O) groups excluding carboxylic acids is 1. The number of rotatable bonds is 7. The Bertz CT molecular complexity index is 614. The van der Waals surface area contributed by atoms with Crippen molar-refractivity contribution in [1.82, 2.24) is 0 Å². The van der Waals surface area contributed by atoms with Crippen LogP contribution >= 0.6 is 11.6 Å². The van der Waals surface area contributed by atoms with Crippen molar-refractivity contribution in [2.24, 2.45) is 0 Å². The number of carbonyl (C=O) groups is 1. The average Bonchev–Trinajstić information content (AvgIpc) is 2.50. The highest BCUT2D eigenvalue weighted by atomic mass is 35.5. The van der Waals surface area contributed by atoms with Crippen LogP contribution in [0.15, 0.2) is 48.5 Å². The van der Waals surface area contributed by atoms with E-state index in [4.69, 9.17) is 16.3 Å². The molecule has 2 aromatic carbocycles. The largest absolute Gasteiger partial charge is 0.494 e. The maximum atomic E-state index is 11.9. The summed E-state index contributed by atoms with van der Waals surface area (Å²) in [6.07, 6.45) is 0.375. The third-order valence-corrected chi connectivity index (χ3v) is 3.19. The van der Waals surface area contributed by atoms with Crippen LogP contribution in [0.1, 0.15) is 13.3 Å². The molecule has 0 aliphatic heterocycles. The molecule has 22 heavy (non-hydrogen) atoms. The lowest BCUT2D eigenvalue weighted by atomic mass is 10.2. The second-order valence-electron chi connectivity index (χ2n) is 4.69. The Balaban J connectivity index is 1.75. The van der Waals surface area contributed by atoms with Crippen LogP contribution in [-0.2, 0) is 4.79 Å². The minimum atomic E-state index is -0.0429. The molecule has 5 heteroatoms. The molecule has 2 N–H and O–H groups in total. The molecule has 0 fully saturated rings. The van der Waals surface area contributed by atoms with E-state index >= 15 is 0 Å². The molecule has 4 nitrogen and oxygen atoms in total. The van der Waals surface area contributed by atoms with Gasteiger partial charge in [0.15, 0.2) is 0 Å². The Hall–Kier alpha value is -2.20. The molecule has 0 aliphatic rings. The summed E-state index contributed by atoms with van der Waals surface area (Å²) in [6, 6.07) is 14.7. The van der Waals surface area contributed by atoms with Crippen LogP contribution in [0.5, 0.6) is 5.75 Å². The van der Waals surface area contributed by atoms with Gasteiger partial charge in [-0.3, -0.25) is 4.79 Å². The zero-order valence-electron chi connectivity index (χ0n) is 12.4. The van der Waals surface area contributed by atoms with Crippen LogP contribution in [0.2, 0.25) is 5.02 Å². The van der Waals surface area contributed by atoms with Gasteiger partial charge in [0.1, 0.15) is 5.75 Å². The summed E-state index contributed by atoms with van der Waals surface area (Å²) in [5.74, 6) is 0.752. The monoisotopic (exact) mass is 318 g/mol. The zero-order chi connectivity index (χ0) is 15.8. The molecule has 1 amide bonds. The van der Waals surface area contributed by atoms with Crippen LogP contribution in [-0.4, -0.2) is 19.1 Å². The van der Waals surface area contributed by atoms with Gasteiger partial charge >= 0.3 is 0 Å². The number of amides is 1. The van der Waals surface area contributed by atoms with E-state index in [1.165, 1.54) is 0 Å². The van der Waals surface area contributed by atoms with Crippen molar-refractivity contribution in [3.63, 3.8) is 0 Å². The first-order chi connectivity index (χ1) is 10.7. The Morgan fingerprint density at radius 2 is 1.91 bits per heavy atom. The molecular weight excluding hydrogens is 300 g/mol. The predicted octanol–water partition coefficient (Wildman–Crippen LogP) is 4.18. The molecule has 2 aromatic rings. The molecule has 0 saturated carbocycles. The fraction of sp³-hybridized carbons (Fsp3) is 0.235. The molecule has 0 bridgehead atoms. The zero-order valence-corrected chi connectivity index (χ0v) is 13.2. The predicted molar refractivity (Wildman–Crippen MR) is 90.8 cm³/mol. The topological polar surface area (TPSA) is 50.4 Å². The number of ether oxygens (including phenoxy) is 1. The Kier molecular flexibility index (Phi) is 6.10. The van der Waals surface area contributed by atoms with Crippen LogP contribution in [0, 0.1) is 0 Å². The molecule has 0 unspecified atom stereocenters. The Morgan fingerprint density at radius 1 is 1.14 bits per heavy atom. The standard InChI is InChI=1S/C17H19ClN2O2/c1-2-22-16-8-6-14(7-9-16)20-17(21)10-11-19-15-5-3-4-13(18)12-15/h3-9,12,19H,2,10-11H2,1H3,(H,20,21). The highest BCUT2D eigenvalue weighted by Gasteiger charge is 2.03. The van der Waals surface area contributed by atoms with Gasteiger partial charge in [-0.2, -0.15) is 0 Å². The minimum absolute atomic E-state index is 0.0429. The van der Waals surface area contributed by atoms with Gasteiger partial charge in [-0.1, -0.05) is 17.7 Å². The van der Waals surface area contributed by atoms with Crippen LogP contribution in [0.4, 0.5) is 11.4 Å². The number of nitrogens with one attached hydrogen (secondary N) is 2. The molecule has 0 radical (unpaired) electrons. The molecule has 2 rings (SSSR count). The lowest BCUT2D eigenvalue weighted by Gasteiger charge is -2.08. The first-order valence-corrected chi connectivity index (χ1v) is 7.57. The summed E-state index contributed by atoms with van der Waals surface area (Å²) in [6.45, 7) is 3.10. The average molecular weight is 319 g/mol. The smallest absolute Gasteiger partial charge is 0.226 e. The van der Waals surface area contributed by atoms with E-state index in [2.05, 4.69) is 10.6 Å². The highest BCUT2D eigenvalue weighted by molar-refractivity contribution is 6.30. The van der Waals surface area contributed by atoms with Gasteiger partial charge in [-0.15, -0.1) is 0 Å². The van der Waals surface area contributed by atoms with Crippen molar-refractivity contribution in [3.8, 4) is 5.75 Å². The SMILES string of the molecule is CCOc1ccc(NC(=O)CCNc2cccc(Cl)c2)cc1. The third-order valence-electron chi connectivity index (χ3n) is 2.95. The van der Waals surface area contributed by atoms with Crippen molar-refractivity contribution in [3.05, 3.63) is 53.6 Å². The number of hydrogen-bond acceptors (Lipinski definition) is 3. The first-order valence-electron chi connectivity index (χ1n) is 7.19. The molecule has 0 aromatic heterocycles. The molecule has 0 atom stereocenters. The van der Waals surface area contributed by atoms with E-state index < -0.39 is 0 Å². The normalized spacial score (nSPS) is 10.1. The molecular formula is C17H19ClN2O2. The highest BCUT2D eigenvalue weighted by Crippen LogP contribution is 2.16. The quantitative estimate of drug-likeness (QED) is 0.805. The van der Waals surface area contributed by atoms with Crippen LogP contribution < -0.4 is 15.4 Å².